The molecule has 6 heteroatoms. The van der Waals surface area contributed by atoms with Crippen molar-refractivity contribution in [3.8, 4) is 0 Å². The fourth-order valence-electron chi connectivity index (χ4n) is 1.45. The van der Waals surface area contributed by atoms with Crippen LogP contribution in [0.2, 0.25) is 0 Å². The van der Waals surface area contributed by atoms with Gasteiger partial charge in [0.2, 0.25) is 5.91 Å². The third-order valence-electron chi connectivity index (χ3n) is 2.28. The highest BCUT2D eigenvalue weighted by Gasteiger charge is 2.00. The molecule has 2 rings (SSSR count). The third kappa shape index (κ3) is 2.88. The van der Waals surface area contributed by atoms with E-state index in [2.05, 4.69) is 15.3 Å². The first-order chi connectivity index (χ1) is 8.29. The van der Waals surface area contributed by atoms with E-state index in [0.717, 1.165) is 16.7 Å². The van der Waals surface area contributed by atoms with Crippen LogP contribution in [0.25, 0.3) is 11.0 Å². The molecular weight excluding hydrogens is 220 g/mol. The van der Waals surface area contributed by atoms with Crippen LogP contribution in [0.15, 0.2) is 30.6 Å². The van der Waals surface area contributed by atoms with E-state index in [-0.39, 0.29) is 6.42 Å². The lowest BCUT2D eigenvalue weighted by atomic mass is 10.2. The van der Waals surface area contributed by atoms with Crippen LogP contribution in [0.3, 0.4) is 0 Å². The van der Waals surface area contributed by atoms with Crippen molar-refractivity contribution in [1.29, 1.82) is 0 Å². The molecule has 1 amide bonds. The van der Waals surface area contributed by atoms with Crippen LogP contribution in [0.5, 0.6) is 0 Å². The number of hydroxylamine groups is 1. The molecule has 0 aliphatic rings. The normalized spacial score (nSPS) is 10.2. The molecule has 1 heterocycles. The van der Waals surface area contributed by atoms with Gasteiger partial charge in [-0.1, -0.05) is 0 Å². The smallest absolute Gasteiger partial charge is 0.245 e. The molecule has 0 saturated heterocycles. The number of carbonyl (C=O) groups is 1. The van der Waals surface area contributed by atoms with Crippen LogP contribution >= 0.6 is 0 Å². The van der Waals surface area contributed by atoms with Gasteiger partial charge in [-0.05, 0) is 18.2 Å². The predicted octanol–water partition coefficient (Wildman–Crippen LogP) is 0.937. The molecule has 0 aliphatic carbocycles. The van der Waals surface area contributed by atoms with Crippen molar-refractivity contribution < 1.29 is 10.0 Å². The van der Waals surface area contributed by atoms with Gasteiger partial charge in [0.15, 0.2) is 0 Å². The molecule has 88 valence electrons. The van der Waals surface area contributed by atoms with Crippen molar-refractivity contribution in [2.75, 3.05) is 11.9 Å². The summed E-state index contributed by atoms with van der Waals surface area (Å²) in [6.07, 6.45) is 3.47. The van der Waals surface area contributed by atoms with E-state index >= 15 is 0 Å². The summed E-state index contributed by atoms with van der Waals surface area (Å²) in [5.74, 6) is -0.418. The van der Waals surface area contributed by atoms with Crippen LogP contribution in [0.4, 0.5) is 5.69 Å². The lowest BCUT2D eigenvalue weighted by molar-refractivity contribution is -0.128. The Kier molecular flexibility index (Phi) is 3.46. The van der Waals surface area contributed by atoms with Gasteiger partial charge in [0.25, 0.3) is 0 Å². The van der Waals surface area contributed by atoms with Crippen LogP contribution < -0.4 is 10.8 Å². The van der Waals surface area contributed by atoms with Gasteiger partial charge >= 0.3 is 0 Å². The molecule has 1 aromatic heterocycles. The second-order valence-electron chi connectivity index (χ2n) is 3.47. The zero-order chi connectivity index (χ0) is 12.1. The number of hydrogen-bond donors (Lipinski definition) is 3. The molecule has 0 atom stereocenters. The average molecular weight is 232 g/mol. The van der Waals surface area contributed by atoms with Gasteiger partial charge in [0.1, 0.15) is 0 Å². The minimum atomic E-state index is -0.418. The Labute approximate surface area is 97.7 Å². The Hall–Kier alpha value is -2.21. The molecule has 0 unspecified atom stereocenters. The van der Waals surface area contributed by atoms with Crippen LogP contribution in [-0.4, -0.2) is 27.6 Å². The molecule has 0 fully saturated rings. The van der Waals surface area contributed by atoms with Gasteiger partial charge in [-0.15, -0.1) is 0 Å². The van der Waals surface area contributed by atoms with Gasteiger partial charge in [-0.25, -0.2) is 5.48 Å². The van der Waals surface area contributed by atoms with Crippen molar-refractivity contribution in [2.24, 2.45) is 0 Å². The molecule has 0 radical (unpaired) electrons. The van der Waals surface area contributed by atoms with Gasteiger partial charge < -0.3 is 5.32 Å². The molecule has 0 bridgehead atoms. The Morgan fingerprint density at radius 2 is 2.00 bits per heavy atom. The summed E-state index contributed by atoms with van der Waals surface area (Å²) in [6.45, 7) is 0.443. The van der Waals surface area contributed by atoms with E-state index in [4.69, 9.17) is 5.21 Å². The number of anilines is 1. The summed E-state index contributed by atoms with van der Waals surface area (Å²) in [6, 6.07) is 5.59. The summed E-state index contributed by atoms with van der Waals surface area (Å²) in [5.41, 5.74) is 4.06. The molecule has 6 nitrogen and oxygen atoms in total. The van der Waals surface area contributed by atoms with E-state index in [1.807, 2.05) is 18.2 Å². The standard InChI is InChI=1S/C11H12N4O2/c16-11(15-17)3-4-12-8-1-2-9-10(7-8)14-6-5-13-9/h1-2,5-7,12,17H,3-4H2,(H,15,16). The Morgan fingerprint density at radius 3 is 2.76 bits per heavy atom. The molecule has 17 heavy (non-hydrogen) atoms. The van der Waals surface area contributed by atoms with E-state index < -0.39 is 5.91 Å². The maximum Gasteiger partial charge on any atom is 0.245 e. The van der Waals surface area contributed by atoms with Crippen molar-refractivity contribution >= 4 is 22.6 Å². The van der Waals surface area contributed by atoms with Crippen LogP contribution in [-0.2, 0) is 4.79 Å². The topological polar surface area (TPSA) is 87.1 Å². The number of carbonyl (C=O) groups excluding carboxylic acids is 1. The number of hydrogen-bond acceptors (Lipinski definition) is 5. The van der Waals surface area contributed by atoms with E-state index in [1.54, 1.807) is 17.9 Å². The second-order valence-corrected chi connectivity index (χ2v) is 3.47. The fourth-order valence-corrected chi connectivity index (χ4v) is 1.45. The van der Waals surface area contributed by atoms with E-state index in [0.29, 0.717) is 6.54 Å². The highest BCUT2D eigenvalue weighted by Crippen LogP contribution is 2.14. The summed E-state index contributed by atoms with van der Waals surface area (Å²) >= 11 is 0. The lowest BCUT2D eigenvalue weighted by Crippen LogP contribution is -2.21. The third-order valence-corrected chi connectivity index (χ3v) is 2.28. The zero-order valence-electron chi connectivity index (χ0n) is 9.05. The van der Waals surface area contributed by atoms with Crippen molar-refractivity contribution in [3.63, 3.8) is 0 Å². The number of nitrogens with zero attached hydrogens (tertiary/aromatic N) is 2. The number of amides is 1. The second kappa shape index (κ2) is 5.22. The molecule has 0 spiro atoms. The number of benzene rings is 1. The first kappa shape index (κ1) is 11.3. The highest BCUT2D eigenvalue weighted by molar-refractivity contribution is 5.78. The van der Waals surface area contributed by atoms with E-state index in [9.17, 15) is 4.79 Å². The number of fused-ring (bicyclic) bond motifs is 1. The molecule has 0 saturated carbocycles. The van der Waals surface area contributed by atoms with Gasteiger partial charge in [-0.2, -0.15) is 0 Å². The van der Waals surface area contributed by atoms with Crippen molar-refractivity contribution in [3.05, 3.63) is 30.6 Å². The van der Waals surface area contributed by atoms with Crippen molar-refractivity contribution in [2.45, 2.75) is 6.42 Å². The first-order valence-corrected chi connectivity index (χ1v) is 5.17. The summed E-state index contributed by atoms with van der Waals surface area (Å²) < 4.78 is 0. The zero-order valence-corrected chi connectivity index (χ0v) is 9.05. The summed E-state index contributed by atoms with van der Waals surface area (Å²) in [5, 5.41) is 11.4. The Balaban J connectivity index is 2.02. The van der Waals surface area contributed by atoms with Crippen molar-refractivity contribution in [1.82, 2.24) is 15.4 Å². The molecule has 1 aromatic carbocycles. The first-order valence-electron chi connectivity index (χ1n) is 5.17. The highest BCUT2D eigenvalue weighted by atomic mass is 16.5. The maximum absolute atomic E-state index is 10.8. The fraction of sp³-hybridized carbons (Fsp3) is 0.182. The molecular formula is C11H12N4O2. The molecule has 0 aliphatic heterocycles. The quantitative estimate of drug-likeness (QED) is 0.539. The largest absolute Gasteiger partial charge is 0.384 e. The van der Waals surface area contributed by atoms with Gasteiger partial charge in [0.05, 0.1) is 11.0 Å². The molecule has 3 N–H and O–H groups in total. The molecule has 2 aromatic rings. The monoisotopic (exact) mass is 232 g/mol. The predicted molar refractivity (Wildman–Crippen MR) is 62.6 cm³/mol. The van der Waals surface area contributed by atoms with Gasteiger partial charge in [0, 0.05) is 31.0 Å². The summed E-state index contributed by atoms with van der Waals surface area (Å²) in [7, 11) is 0. The van der Waals surface area contributed by atoms with Gasteiger partial charge in [-0.3, -0.25) is 20.0 Å². The lowest BCUT2D eigenvalue weighted by Gasteiger charge is -2.06. The minimum absolute atomic E-state index is 0.203. The average Bonchev–Trinajstić information content (AvgIpc) is 2.38. The van der Waals surface area contributed by atoms with Crippen LogP contribution in [0, 0.1) is 0 Å². The number of aromatic nitrogens is 2. The summed E-state index contributed by atoms with van der Waals surface area (Å²) in [4.78, 5) is 19.1. The van der Waals surface area contributed by atoms with Crippen LogP contribution in [0.1, 0.15) is 6.42 Å². The maximum atomic E-state index is 10.8. The van der Waals surface area contributed by atoms with E-state index in [1.165, 1.54) is 0 Å². The number of rotatable bonds is 4. The Morgan fingerprint density at radius 1 is 1.24 bits per heavy atom. The minimum Gasteiger partial charge on any atom is -0.384 e. The Bertz CT molecular complexity index is 530. The number of nitrogens with one attached hydrogen (secondary N) is 2. The SMILES string of the molecule is O=C(CCNc1ccc2nccnc2c1)NO.